The summed E-state index contributed by atoms with van der Waals surface area (Å²) in [6.45, 7) is 4.45. The molecule has 0 fully saturated rings. The van der Waals surface area contributed by atoms with Gasteiger partial charge in [0.25, 0.3) is 5.91 Å². The highest BCUT2D eigenvalue weighted by molar-refractivity contribution is 7.08. The van der Waals surface area contributed by atoms with Crippen LogP contribution in [-0.2, 0) is 0 Å². The largest absolute Gasteiger partial charge is 0.492 e. The van der Waals surface area contributed by atoms with Crippen molar-refractivity contribution in [2.24, 2.45) is 0 Å². The van der Waals surface area contributed by atoms with Gasteiger partial charge in [-0.2, -0.15) is 0 Å². The van der Waals surface area contributed by atoms with E-state index in [1.165, 1.54) is 0 Å². The summed E-state index contributed by atoms with van der Waals surface area (Å²) in [6.07, 6.45) is 0. The van der Waals surface area contributed by atoms with Crippen molar-refractivity contribution < 1.29 is 9.53 Å². The Bertz CT molecular complexity index is 843. The van der Waals surface area contributed by atoms with Gasteiger partial charge in [-0.3, -0.25) is 4.79 Å². The van der Waals surface area contributed by atoms with Gasteiger partial charge in [-0.25, -0.2) is 0 Å². The second-order valence-electron chi connectivity index (χ2n) is 5.20. The average Bonchev–Trinajstić information content (AvgIpc) is 3.07. The molecule has 0 aliphatic carbocycles. The van der Waals surface area contributed by atoms with Crippen molar-refractivity contribution in [1.29, 1.82) is 0 Å². The van der Waals surface area contributed by atoms with E-state index in [0.717, 1.165) is 22.7 Å². The molecule has 3 rings (SSSR count). The Hall–Kier alpha value is -2.73. The van der Waals surface area contributed by atoms with Gasteiger partial charge in [-0.1, -0.05) is 46.4 Å². The third-order valence-electron chi connectivity index (χ3n) is 3.45. The van der Waals surface area contributed by atoms with Gasteiger partial charge in [0.15, 0.2) is 0 Å². The SMILES string of the molecule is CCOc1ccccc1NC(=O)c1snnc1-c1ccc(C)cc1. The summed E-state index contributed by atoms with van der Waals surface area (Å²) in [5, 5.41) is 7.00. The minimum absolute atomic E-state index is 0.243. The molecule has 24 heavy (non-hydrogen) atoms. The molecule has 2 aromatic carbocycles. The second-order valence-corrected chi connectivity index (χ2v) is 5.95. The number of hydrogen-bond donors (Lipinski definition) is 1. The van der Waals surface area contributed by atoms with Crippen molar-refractivity contribution in [3.05, 3.63) is 59.0 Å². The molecule has 0 saturated carbocycles. The van der Waals surface area contributed by atoms with Crippen LogP contribution in [0.1, 0.15) is 22.2 Å². The van der Waals surface area contributed by atoms with E-state index in [-0.39, 0.29) is 5.91 Å². The van der Waals surface area contributed by atoms with Crippen LogP contribution >= 0.6 is 11.5 Å². The maximum atomic E-state index is 12.7. The topological polar surface area (TPSA) is 64.1 Å². The molecular weight excluding hydrogens is 322 g/mol. The molecule has 5 nitrogen and oxygen atoms in total. The molecule has 1 amide bonds. The summed E-state index contributed by atoms with van der Waals surface area (Å²) < 4.78 is 9.48. The Labute approximate surface area is 144 Å². The van der Waals surface area contributed by atoms with Crippen LogP contribution in [0, 0.1) is 6.92 Å². The van der Waals surface area contributed by atoms with Crippen molar-refractivity contribution in [2.45, 2.75) is 13.8 Å². The summed E-state index contributed by atoms with van der Waals surface area (Å²) in [6, 6.07) is 15.2. The van der Waals surface area contributed by atoms with Crippen LogP contribution in [0.3, 0.4) is 0 Å². The van der Waals surface area contributed by atoms with Crippen molar-refractivity contribution in [3.8, 4) is 17.0 Å². The molecular formula is C18H17N3O2S. The fraction of sp³-hybridized carbons (Fsp3) is 0.167. The minimum atomic E-state index is -0.243. The number of aromatic nitrogens is 2. The van der Waals surface area contributed by atoms with E-state index in [1.54, 1.807) is 0 Å². The molecule has 1 heterocycles. The van der Waals surface area contributed by atoms with Gasteiger partial charge in [0.2, 0.25) is 0 Å². The molecule has 6 heteroatoms. The van der Waals surface area contributed by atoms with Crippen LogP contribution in [0.15, 0.2) is 48.5 Å². The van der Waals surface area contributed by atoms with Gasteiger partial charge in [-0.05, 0) is 37.5 Å². The van der Waals surface area contributed by atoms with Crippen LogP contribution in [0.4, 0.5) is 5.69 Å². The summed E-state index contributed by atoms with van der Waals surface area (Å²) in [5.41, 5.74) is 3.25. The van der Waals surface area contributed by atoms with E-state index < -0.39 is 0 Å². The molecule has 122 valence electrons. The van der Waals surface area contributed by atoms with E-state index >= 15 is 0 Å². The third-order valence-corrected chi connectivity index (χ3v) is 4.18. The fourth-order valence-electron chi connectivity index (χ4n) is 2.27. The number of ether oxygens (including phenoxy) is 1. The molecule has 1 N–H and O–H groups in total. The molecule has 0 saturated heterocycles. The van der Waals surface area contributed by atoms with Crippen LogP contribution in [-0.4, -0.2) is 22.1 Å². The predicted octanol–water partition coefficient (Wildman–Crippen LogP) is 4.16. The number of nitrogens with one attached hydrogen (secondary N) is 1. The lowest BCUT2D eigenvalue weighted by Crippen LogP contribution is -2.12. The molecule has 0 atom stereocenters. The summed E-state index contributed by atoms with van der Waals surface area (Å²) >= 11 is 1.08. The molecule has 3 aromatic rings. The number of carbonyl (C=O) groups is 1. The van der Waals surface area contributed by atoms with Gasteiger partial charge in [0.05, 0.1) is 12.3 Å². The fourth-order valence-corrected chi connectivity index (χ4v) is 2.85. The van der Waals surface area contributed by atoms with E-state index in [4.69, 9.17) is 4.74 Å². The Kier molecular flexibility index (Phi) is 4.86. The summed E-state index contributed by atoms with van der Waals surface area (Å²) in [4.78, 5) is 13.1. The monoisotopic (exact) mass is 339 g/mol. The molecule has 1 aromatic heterocycles. The Morgan fingerprint density at radius 2 is 1.92 bits per heavy atom. The van der Waals surface area contributed by atoms with Crippen LogP contribution < -0.4 is 10.1 Å². The third kappa shape index (κ3) is 3.44. The number of hydrogen-bond acceptors (Lipinski definition) is 5. The van der Waals surface area contributed by atoms with Gasteiger partial charge in [0.1, 0.15) is 16.3 Å². The molecule has 0 bridgehead atoms. The number of aryl methyl sites for hydroxylation is 1. The second kappa shape index (κ2) is 7.23. The lowest BCUT2D eigenvalue weighted by Gasteiger charge is -2.10. The highest BCUT2D eigenvalue weighted by Gasteiger charge is 2.19. The number of nitrogens with zero attached hydrogens (tertiary/aromatic N) is 2. The highest BCUT2D eigenvalue weighted by atomic mass is 32.1. The molecule has 0 aliphatic rings. The minimum Gasteiger partial charge on any atom is -0.492 e. The molecule has 0 radical (unpaired) electrons. The highest BCUT2D eigenvalue weighted by Crippen LogP contribution is 2.28. The quantitative estimate of drug-likeness (QED) is 0.758. The van der Waals surface area contributed by atoms with Crippen LogP contribution in [0.5, 0.6) is 5.75 Å². The Morgan fingerprint density at radius 1 is 1.17 bits per heavy atom. The van der Waals surface area contributed by atoms with Gasteiger partial charge in [0, 0.05) is 5.56 Å². The summed E-state index contributed by atoms with van der Waals surface area (Å²) in [7, 11) is 0. The van der Waals surface area contributed by atoms with Crippen molar-refractivity contribution in [1.82, 2.24) is 9.59 Å². The van der Waals surface area contributed by atoms with Crippen molar-refractivity contribution in [2.75, 3.05) is 11.9 Å². The number of anilines is 1. The first kappa shape index (κ1) is 16.1. The number of benzene rings is 2. The zero-order chi connectivity index (χ0) is 16.9. The Morgan fingerprint density at radius 3 is 2.67 bits per heavy atom. The average molecular weight is 339 g/mol. The molecule has 0 aliphatic heterocycles. The first-order chi connectivity index (χ1) is 11.7. The number of rotatable bonds is 5. The number of para-hydroxylation sites is 2. The smallest absolute Gasteiger partial charge is 0.269 e. The maximum Gasteiger partial charge on any atom is 0.269 e. The van der Waals surface area contributed by atoms with E-state index in [9.17, 15) is 4.79 Å². The molecule has 0 spiro atoms. The first-order valence-corrected chi connectivity index (χ1v) is 8.39. The lowest BCUT2D eigenvalue weighted by atomic mass is 10.1. The van der Waals surface area contributed by atoms with E-state index in [1.807, 2.05) is 62.4 Å². The van der Waals surface area contributed by atoms with Crippen molar-refractivity contribution >= 4 is 23.1 Å². The van der Waals surface area contributed by atoms with Gasteiger partial charge in [-0.15, -0.1) is 5.10 Å². The van der Waals surface area contributed by atoms with E-state index in [2.05, 4.69) is 14.9 Å². The number of amides is 1. The zero-order valence-electron chi connectivity index (χ0n) is 13.4. The lowest BCUT2D eigenvalue weighted by molar-refractivity contribution is 0.103. The standard InChI is InChI=1S/C18H17N3O2S/c1-3-23-15-7-5-4-6-14(15)19-18(22)17-16(20-21-24-17)13-10-8-12(2)9-11-13/h4-11H,3H2,1-2H3,(H,19,22). The first-order valence-electron chi connectivity index (χ1n) is 7.61. The van der Waals surface area contributed by atoms with Crippen LogP contribution in [0.2, 0.25) is 0 Å². The van der Waals surface area contributed by atoms with Crippen LogP contribution in [0.25, 0.3) is 11.3 Å². The van der Waals surface area contributed by atoms with Gasteiger partial charge < -0.3 is 10.1 Å². The Balaban J connectivity index is 1.87. The van der Waals surface area contributed by atoms with E-state index in [0.29, 0.717) is 28.6 Å². The summed E-state index contributed by atoms with van der Waals surface area (Å²) in [5.74, 6) is 0.399. The van der Waals surface area contributed by atoms with Crippen molar-refractivity contribution in [3.63, 3.8) is 0 Å². The molecule has 0 unspecified atom stereocenters. The normalized spacial score (nSPS) is 10.4. The number of carbonyl (C=O) groups excluding carboxylic acids is 1. The predicted molar refractivity (Wildman–Crippen MR) is 95.6 cm³/mol. The van der Waals surface area contributed by atoms with Gasteiger partial charge >= 0.3 is 0 Å². The zero-order valence-corrected chi connectivity index (χ0v) is 14.3. The maximum absolute atomic E-state index is 12.7.